The highest BCUT2D eigenvalue weighted by atomic mass is 32.2. The van der Waals surface area contributed by atoms with Crippen molar-refractivity contribution in [3.05, 3.63) is 48.0 Å². The van der Waals surface area contributed by atoms with Crippen molar-refractivity contribution in [2.24, 2.45) is 0 Å². The second-order valence-corrected chi connectivity index (χ2v) is 6.12. The van der Waals surface area contributed by atoms with E-state index in [2.05, 4.69) is 0 Å². The van der Waals surface area contributed by atoms with Crippen LogP contribution in [0.3, 0.4) is 0 Å². The van der Waals surface area contributed by atoms with E-state index in [1.165, 1.54) is 45.4 Å². The molecule has 0 unspecified atom stereocenters. The zero-order valence-electron chi connectivity index (χ0n) is 12.9. The Labute approximate surface area is 134 Å². The molecule has 0 aromatic heterocycles. The third kappa shape index (κ3) is 3.62. The van der Waals surface area contributed by atoms with Crippen LogP contribution in [0.15, 0.2) is 47.4 Å². The zero-order chi connectivity index (χ0) is 17.0. The van der Waals surface area contributed by atoms with Gasteiger partial charge in [0.05, 0.1) is 19.8 Å². The summed E-state index contributed by atoms with van der Waals surface area (Å²) in [6.45, 7) is 1.32. The first-order chi connectivity index (χ1) is 10.9. The number of rotatable bonds is 6. The Bertz CT molecular complexity index is 826. The van der Waals surface area contributed by atoms with Gasteiger partial charge in [0.1, 0.15) is 16.4 Å². The lowest BCUT2D eigenvalue weighted by molar-refractivity contribution is 0.101. The first-order valence-electron chi connectivity index (χ1n) is 6.65. The fourth-order valence-electron chi connectivity index (χ4n) is 1.98. The maximum absolute atomic E-state index is 12.5. The van der Waals surface area contributed by atoms with Gasteiger partial charge >= 0.3 is 10.1 Å². The molecule has 2 rings (SSSR count). The summed E-state index contributed by atoms with van der Waals surface area (Å²) in [6.07, 6.45) is 0. The van der Waals surface area contributed by atoms with Crippen molar-refractivity contribution in [1.29, 1.82) is 0 Å². The standard InChI is InChI=1S/C16H16O6S/c1-11(17)13-9-8-12(20-2)10-15(13)22-23(18,19)16-7-5-4-6-14(16)21-3/h4-10H,1-3H3. The molecule has 0 fully saturated rings. The third-order valence-corrected chi connectivity index (χ3v) is 4.38. The molecule has 0 N–H and O–H groups in total. The van der Waals surface area contributed by atoms with Gasteiger partial charge in [0.2, 0.25) is 0 Å². The minimum atomic E-state index is -4.17. The molecule has 0 saturated carbocycles. The van der Waals surface area contributed by atoms with Crippen molar-refractivity contribution < 1.29 is 26.9 Å². The predicted molar refractivity (Wildman–Crippen MR) is 83.8 cm³/mol. The molecular weight excluding hydrogens is 320 g/mol. The Kier molecular flexibility index (Phi) is 4.90. The summed E-state index contributed by atoms with van der Waals surface area (Å²) in [5, 5.41) is 0. The number of Topliss-reactive ketones (excluding diaryl/α,β-unsaturated/α-hetero) is 1. The number of ketones is 1. The Hall–Kier alpha value is -2.54. The summed E-state index contributed by atoms with van der Waals surface area (Å²) in [6, 6.07) is 10.4. The average Bonchev–Trinajstić information content (AvgIpc) is 2.54. The van der Waals surface area contributed by atoms with Crippen LogP contribution < -0.4 is 13.7 Å². The molecule has 23 heavy (non-hydrogen) atoms. The molecule has 0 saturated heterocycles. The predicted octanol–water partition coefficient (Wildman–Crippen LogP) is 2.67. The smallest absolute Gasteiger partial charge is 0.342 e. The second-order valence-electron chi connectivity index (χ2n) is 4.61. The van der Waals surface area contributed by atoms with E-state index in [4.69, 9.17) is 13.7 Å². The normalized spacial score (nSPS) is 10.9. The van der Waals surface area contributed by atoms with Crippen LogP contribution in [0.1, 0.15) is 17.3 Å². The van der Waals surface area contributed by atoms with Crippen LogP contribution >= 0.6 is 0 Å². The van der Waals surface area contributed by atoms with Gasteiger partial charge < -0.3 is 13.7 Å². The number of ether oxygens (including phenoxy) is 2. The summed E-state index contributed by atoms with van der Waals surface area (Å²) in [5.41, 5.74) is 0.143. The largest absolute Gasteiger partial charge is 0.497 e. The molecule has 0 aliphatic heterocycles. The molecule has 0 bridgehead atoms. The molecule has 0 atom stereocenters. The van der Waals surface area contributed by atoms with Gasteiger partial charge in [0.15, 0.2) is 11.5 Å². The summed E-state index contributed by atoms with van der Waals surface area (Å²) in [4.78, 5) is 11.5. The SMILES string of the molecule is COc1ccc(C(C)=O)c(OS(=O)(=O)c2ccccc2OC)c1. The van der Waals surface area contributed by atoms with E-state index in [-0.39, 0.29) is 27.7 Å². The van der Waals surface area contributed by atoms with Crippen molar-refractivity contribution in [1.82, 2.24) is 0 Å². The molecule has 2 aromatic rings. The molecular formula is C16H16O6S. The summed E-state index contributed by atoms with van der Waals surface area (Å²) in [5.74, 6) is 0.112. The number of carbonyl (C=O) groups is 1. The van der Waals surface area contributed by atoms with Crippen LogP contribution in [0.25, 0.3) is 0 Å². The van der Waals surface area contributed by atoms with Gasteiger partial charge in [0, 0.05) is 6.07 Å². The quantitative estimate of drug-likeness (QED) is 0.596. The topological polar surface area (TPSA) is 78.9 Å². The van der Waals surface area contributed by atoms with Crippen molar-refractivity contribution in [3.8, 4) is 17.2 Å². The van der Waals surface area contributed by atoms with E-state index >= 15 is 0 Å². The van der Waals surface area contributed by atoms with Crippen molar-refractivity contribution in [2.75, 3.05) is 14.2 Å². The molecule has 122 valence electrons. The van der Waals surface area contributed by atoms with Crippen molar-refractivity contribution in [3.63, 3.8) is 0 Å². The minimum absolute atomic E-state index is 0.0947. The van der Waals surface area contributed by atoms with E-state index in [0.717, 1.165) is 0 Å². The summed E-state index contributed by atoms with van der Waals surface area (Å²) < 4.78 is 40.2. The average molecular weight is 336 g/mol. The third-order valence-electron chi connectivity index (χ3n) is 3.11. The molecule has 2 aromatic carbocycles. The van der Waals surface area contributed by atoms with E-state index < -0.39 is 10.1 Å². The molecule has 6 nitrogen and oxygen atoms in total. The van der Waals surface area contributed by atoms with Crippen molar-refractivity contribution in [2.45, 2.75) is 11.8 Å². The molecule has 0 spiro atoms. The van der Waals surface area contributed by atoms with E-state index in [1.807, 2.05) is 0 Å². The van der Waals surface area contributed by atoms with Crippen LogP contribution in [0.5, 0.6) is 17.2 Å². The van der Waals surface area contributed by atoms with Crippen LogP contribution in [-0.2, 0) is 10.1 Å². The molecule has 7 heteroatoms. The monoisotopic (exact) mass is 336 g/mol. The van der Waals surface area contributed by atoms with Gasteiger partial charge in [-0.1, -0.05) is 12.1 Å². The number of carbonyl (C=O) groups excluding carboxylic acids is 1. The van der Waals surface area contributed by atoms with Gasteiger partial charge in [-0.25, -0.2) is 0 Å². The first-order valence-corrected chi connectivity index (χ1v) is 8.06. The lowest BCUT2D eigenvalue weighted by Gasteiger charge is -2.13. The highest BCUT2D eigenvalue weighted by molar-refractivity contribution is 7.87. The Morgan fingerprint density at radius 1 is 0.957 bits per heavy atom. The molecule has 0 aliphatic carbocycles. The van der Waals surface area contributed by atoms with Crippen molar-refractivity contribution >= 4 is 15.9 Å². The second kappa shape index (κ2) is 6.70. The number of benzene rings is 2. The first kappa shape index (κ1) is 16.8. The molecule has 0 radical (unpaired) electrons. The highest BCUT2D eigenvalue weighted by Crippen LogP contribution is 2.31. The van der Waals surface area contributed by atoms with E-state index in [9.17, 15) is 13.2 Å². The minimum Gasteiger partial charge on any atom is -0.497 e. The fraction of sp³-hybridized carbons (Fsp3) is 0.188. The van der Waals surface area contributed by atoms with Crippen LogP contribution in [0, 0.1) is 0 Å². The number of methoxy groups -OCH3 is 2. The van der Waals surface area contributed by atoms with E-state index in [1.54, 1.807) is 18.2 Å². The Balaban J connectivity index is 2.50. The maximum Gasteiger partial charge on any atom is 0.342 e. The van der Waals surface area contributed by atoms with E-state index in [0.29, 0.717) is 5.75 Å². The lowest BCUT2D eigenvalue weighted by atomic mass is 10.1. The zero-order valence-corrected chi connectivity index (χ0v) is 13.7. The van der Waals surface area contributed by atoms with Gasteiger partial charge in [-0.15, -0.1) is 0 Å². The number of para-hydroxylation sites is 1. The summed E-state index contributed by atoms with van der Waals surface area (Å²) in [7, 11) is -1.38. The Morgan fingerprint density at radius 2 is 1.65 bits per heavy atom. The van der Waals surface area contributed by atoms with Crippen LogP contribution in [0.2, 0.25) is 0 Å². The molecule has 0 amide bonds. The molecule has 0 aliphatic rings. The Morgan fingerprint density at radius 3 is 2.26 bits per heavy atom. The van der Waals surface area contributed by atoms with Crippen LogP contribution in [0.4, 0.5) is 0 Å². The lowest BCUT2D eigenvalue weighted by Crippen LogP contribution is -2.13. The van der Waals surface area contributed by atoms with Crippen LogP contribution in [-0.4, -0.2) is 28.4 Å². The highest BCUT2D eigenvalue weighted by Gasteiger charge is 2.24. The summed E-state index contributed by atoms with van der Waals surface area (Å²) >= 11 is 0. The van der Waals surface area contributed by atoms with Gasteiger partial charge in [-0.05, 0) is 31.2 Å². The van der Waals surface area contributed by atoms with Gasteiger partial charge in [0.25, 0.3) is 0 Å². The maximum atomic E-state index is 12.5. The number of hydrogen-bond donors (Lipinski definition) is 0. The number of hydrogen-bond acceptors (Lipinski definition) is 6. The van der Waals surface area contributed by atoms with Gasteiger partial charge in [-0.2, -0.15) is 8.42 Å². The fourth-order valence-corrected chi connectivity index (χ4v) is 3.08. The van der Waals surface area contributed by atoms with Gasteiger partial charge in [-0.3, -0.25) is 4.79 Å². The molecule has 0 heterocycles.